The monoisotopic (exact) mass is 364 g/mol. The Morgan fingerprint density at radius 2 is 1.88 bits per heavy atom. The number of Topliss-reactive ketones (excluding diaryl/α,β-unsaturated/α-hetero) is 1. The molecule has 1 aliphatic rings. The predicted molar refractivity (Wildman–Crippen MR) is 84.3 cm³/mol. The molecule has 5 atom stereocenters. The number of carbonyl (C=O) groups excluding carboxylic acids is 2. The molecule has 25 heavy (non-hydrogen) atoms. The molecular weight excluding hydrogens is 336 g/mol. The summed E-state index contributed by atoms with van der Waals surface area (Å²) >= 11 is 0. The number of rotatable bonds is 11. The van der Waals surface area contributed by atoms with Crippen molar-refractivity contribution in [3.05, 3.63) is 0 Å². The first-order valence-corrected chi connectivity index (χ1v) is 8.38. The molecule has 3 unspecified atom stereocenters. The van der Waals surface area contributed by atoms with Crippen LogP contribution in [-0.4, -0.2) is 73.0 Å². The van der Waals surface area contributed by atoms with E-state index in [0.717, 1.165) is 12.8 Å². The first-order chi connectivity index (χ1) is 11.9. The van der Waals surface area contributed by atoms with Crippen molar-refractivity contribution in [2.24, 2.45) is 0 Å². The predicted octanol–water partition coefficient (Wildman–Crippen LogP) is 0.109. The molecule has 0 aromatic rings. The SMILES string of the molecule is CCCCOC1C(O)[C@H](O)OC(COOC)[C@H]1OC(=O)CCC(C)=O. The molecule has 0 aromatic carbocycles. The number of carbonyl (C=O) groups is 2. The van der Waals surface area contributed by atoms with E-state index in [1.165, 1.54) is 14.0 Å². The van der Waals surface area contributed by atoms with Crippen LogP contribution in [0, 0.1) is 0 Å². The summed E-state index contributed by atoms with van der Waals surface area (Å²) in [6.07, 6.45) is -4.21. The second kappa shape index (κ2) is 11.5. The standard InChI is InChI=1S/C16H28O9/c1-4-5-8-22-15-13(19)16(20)24-11(9-23-21-3)14(15)25-12(18)7-6-10(2)17/h11,13-16,19-20H,4-9H2,1-3H3/t11?,13?,14-,15?,16-/m1/s1. The van der Waals surface area contributed by atoms with Crippen LogP contribution in [0.15, 0.2) is 0 Å². The van der Waals surface area contributed by atoms with Crippen molar-refractivity contribution in [3.8, 4) is 0 Å². The fourth-order valence-electron chi connectivity index (χ4n) is 2.36. The van der Waals surface area contributed by atoms with E-state index in [2.05, 4.69) is 4.89 Å². The van der Waals surface area contributed by atoms with Crippen molar-refractivity contribution in [1.82, 2.24) is 0 Å². The molecule has 9 nitrogen and oxygen atoms in total. The summed E-state index contributed by atoms with van der Waals surface area (Å²) in [7, 11) is 1.30. The smallest absolute Gasteiger partial charge is 0.306 e. The zero-order valence-electron chi connectivity index (χ0n) is 14.9. The van der Waals surface area contributed by atoms with Crippen LogP contribution >= 0.6 is 0 Å². The average molecular weight is 364 g/mol. The highest BCUT2D eigenvalue weighted by Crippen LogP contribution is 2.26. The number of ketones is 1. The van der Waals surface area contributed by atoms with E-state index in [0.29, 0.717) is 6.61 Å². The molecule has 9 heteroatoms. The Kier molecular flexibility index (Phi) is 10.1. The Morgan fingerprint density at radius 3 is 2.48 bits per heavy atom. The molecule has 146 valence electrons. The first-order valence-electron chi connectivity index (χ1n) is 8.38. The van der Waals surface area contributed by atoms with E-state index in [9.17, 15) is 19.8 Å². The summed E-state index contributed by atoms with van der Waals surface area (Å²) in [6, 6.07) is 0. The maximum atomic E-state index is 12.0. The number of hydrogen-bond acceptors (Lipinski definition) is 9. The topological polar surface area (TPSA) is 121 Å². The molecule has 0 aliphatic carbocycles. The average Bonchev–Trinajstić information content (AvgIpc) is 2.57. The third kappa shape index (κ3) is 7.35. The van der Waals surface area contributed by atoms with Gasteiger partial charge in [0.05, 0.1) is 13.5 Å². The lowest BCUT2D eigenvalue weighted by Gasteiger charge is -2.42. The fourth-order valence-corrected chi connectivity index (χ4v) is 2.36. The van der Waals surface area contributed by atoms with Gasteiger partial charge >= 0.3 is 5.97 Å². The lowest BCUT2D eigenvalue weighted by atomic mass is 9.98. The lowest BCUT2D eigenvalue weighted by Crippen LogP contribution is -2.61. The quantitative estimate of drug-likeness (QED) is 0.228. The largest absolute Gasteiger partial charge is 0.457 e. The van der Waals surface area contributed by atoms with Gasteiger partial charge in [0, 0.05) is 13.0 Å². The highest BCUT2D eigenvalue weighted by molar-refractivity contribution is 5.81. The normalized spacial score (nSPS) is 29.4. The van der Waals surface area contributed by atoms with Crippen molar-refractivity contribution < 1.29 is 43.8 Å². The second-order valence-corrected chi connectivity index (χ2v) is 5.85. The van der Waals surface area contributed by atoms with Gasteiger partial charge in [-0.1, -0.05) is 13.3 Å². The van der Waals surface area contributed by atoms with Gasteiger partial charge in [0.2, 0.25) is 0 Å². The van der Waals surface area contributed by atoms with Crippen molar-refractivity contribution in [1.29, 1.82) is 0 Å². The van der Waals surface area contributed by atoms with Gasteiger partial charge in [-0.3, -0.25) is 4.79 Å². The molecule has 1 heterocycles. The van der Waals surface area contributed by atoms with Crippen molar-refractivity contribution in [2.45, 2.75) is 70.2 Å². The summed E-state index contributed by atoms with van der Waals surface area (Å²) in [5.41, 5.74) is 0. The molecule has 0 saturated carbocycles. The summed E-state index contributed by atoms with van der Waals surface area (Å²) < 4.78 is 16.2. The first kappa shape index (κ1) is 21.9. The summed E-state index contributed by atoms with van der Waals surface area (Å²) in [4.78, 5) is 32.4. The van der Waals surface area contributed by atoms with Gasteiger partial charge < -0.3 is 29.2 Å². The van der Waals surface area contributed by atoms with Crippen LogP contribution in [0.5, 0.6) is 0 Å². The number of ether oxygens (including phenoxy) is 3. The van der Waals surface area contributed by atoms with Crippen LogP contribution in [0.2, 0.25) is 0 Å². The van der Waals surface area contributed by atoms with Crippen LogP contribution in [0.1, 0.15) is 39.5 Å². The molecule has 2 N–H and O–H groups in total. The minimum Gasteiger partial charge on any atom is -0.457 e. The summed E-state index contributed by atoms with van der Waals surface area (Å²) in [6.45, 7) is 3.54. The van der Waals surface area contributed by atoms with Gasteiger partial charge in [-0.15, -0.1) is 0 Å². The Bertz CT molecular complexity index is 414. The van der Waals surface area contributed by atoms with Gasteiger partial charge in [-0.05, 0) is 13.3 Å². The molecule has 0 radical (unpaired) electrons. The second-order valence-electron chi connectivity index (χ2n) is 5.85. The van der Waals surface area contributed by atoms with Crippen LogP contribution in [0.4, 0.5) is 0 Å². The zero-order chi connectivity index (χ0) is 18.8. The minimum atomic E-state index is -1.51. The Balaban J connectivity index is 2.83. The summed E-state index contributed by atoms with van der Waals surface area (Å²) in [5, 5.41) is 20.0. The molecule has 0 aromatic heterocycles. The number of aliphatic hydroxyl groups is 2. The highest BCUT2D eigenvalue weighted by Gasteiger charge is 2.48. The van der Waals surface area contributed by atoms with Crippen molar-refractivity contribution >= 4 is 11.8 Å². The molecule has 1 saturated heterocycles. The van der Waals surface area contributed by atoms with E-state index in [1.54, 1.807) is 0 Å². The van der Waals surface area contributed by atoms with E-state index in [4.69, 9.17) is 19.1 Å². The van der Waals surface area contributed by atoms with Crippen molar-refractivity contribution in [2.75, 3.05) is 20.3 Å². The van der Waals surface area contributed by atoms with Crippen LogP contribution in [0.25, 0.3) is 0 Å². The van der Waals surface area contributed by atoms with Crippen LogP contribution in [0.3, 0.4) is 0 Å². The minimum absolute atomic E-state index is 0.0538. The molecule has 1 aliphatic heterocycles. The molecule has 0 spiro atoms. The third-order valence-corrected chi connectivity index (χ3v) is 3.74. The Hall–Kier alpha value is -1.10. The molecule has 1 fully saturated rings. The van der Waals surface area contributed by atoms with E-state index < -0.39 is 36.7 Å². The van der Waals surface area contributed by atoms with E-state index >= 15 is 0 Å². The van der Waals surface area contributed by atoms with Crippen LogP contribution < -0.4 is 0 Å². The highest BCUT2D eigenvalue weighted by atomic mass is 17.2. The van der Waals surface area contributed by atoms with Crippen LogP contribution in [-0.2, 0) is 33.6 Å². The number of esters is 1. The van der Waals surface area contributed by atoms with Gasteiger partial charge in [0.1, 0.15) is 30.7 Å². The maximum absolute atomic E-state index is 12.0. The number of hydrogen-bond donors (Lipinski definition) is 2. The zero-order valence-corrected chi connectivity index (χ0v) is 14.9. The molecule has 0 bridgehead atoms. The van der Waals surface area contributed by atoms with Gasteiger partial charge in [-0.2, -0.15) is 0 Å². The van der Waals surface area contributed by atoms with Gasteiger partial charge in [0.15, 0.2) is 12.4 Å². The molecule has 0 amide bonds. The number of unbranched alkanes of at least 4 members (excludes halogenated alkanes) is 1. The molecular formula is C16H28O9. The number of aliphatic hydroxyl groups excluding tert-OH is 2. The Labute approximate surface area is 147 Å². The summed E-state index contributed by atoms with van der Waals surface area (Å²) in [5.74, 6) is -0.763. The van der Waals surface area contributed by atoms with Crippen molar-refractivity contribution in [3.63, 3.8) is 0 Å². The Morgan fingerprint density at radius 1 is 1.16 bits per heavy atom. The third-order valence-electron chi connectivity index (χ3n) is 3.74. The van der Waals surface area contributed by atoms with E-state index in [1.807, 2.05) is 6.92 Å². The molecule has 1 rings (SSSR count). The van der Waals surface area contributed by atoms with E-state index in [-0.39, 0.29) is 25.2 Å². The lowest BCUT2D eigenvalue weighted by molar-refractivity contribution is -0.337. The van der Waals surface area contributed by atoms with Gasteiger partial charge in [0.25, 0.3) is 0 Å². The maximum Gasteiger partial charge on any atom is 0.306 e. The fraction of sp³-hybridized carbons (Fsp3) is 0.875. The van der Waals surface area contributed by atoms with Gasteiger partial charge in [-0.25, -0.2) is 9.78 Å².